The topological polar surface area (TPSA) is 63.0 Å². The predicted molar refractivity (Wildman–Crippen MR) is 35.8 cm³/mol. The van der Waals surface area contributed by atoms with Crippen LogP contribution in [-0.2, 0) is 0 Å². The molecule has 4 N–H and O–H groups in total. The molecule has 0 aromatic heterocycles. The van der Waals surface area contributed by atoms with Crippen LogP contribution in [-0.4, -0.2) is 86.4 Å². The number of hydrogen-bond donors (Lipinski definition) is 0. The quantitative estimate of drug-likeness (QED) is 0.258. The third-order valence-corrected chi connectivity index (χ3v) is 0. The molecule has 0 radical (unpaired) electrons. The van der Waals surface area contributed by atoms with Crippen molar-refractivity contribution in [2.75, 3.05) is 0 Å². The summed E-state index contributed by atoms with van der Waals surface area (Å²) >= 11 is 0. The van der Waals surface area contributed by atoms with Crippen molar-refractivity contribution < 1.29 is 11.0 Å². The van der Waals surface area contributed by atoms with Gasteiger partial charge in [0.1, 0.15) is 0 Å². The van der Waals surface area contributed by atoms with Crippen molar-refractivity contribution in [1.29, 1.82) is 0 Å². The molecule has 0 rings (SSSR count). The van der Waals surface area contributed by atoms with Crippen molar-refractivity contribution in [3.8, 4) is 0 Å². The molecule has 0 aromatic carbocycles. The first-order valence-electron chi connectivity index (χ1n) is 0. The summed E-state index contributed by atoms with van der Waals surface area (Å²) < 4.78 is 0. The van der Waals surface area contributed by atoms with Gasteiger partial charge in [0, 0.05) is 0 Å². The van der Waals surface area contributed by atoms with Crippen molar-refractivity contribution in [2.24, 2.45) is 0 Å². The summed E-state index contributed by atoms with van der Waals surface area (Å²) in [6.45, 7) is 0. The summed E-state index contributed by atoms with van der Waals surface area (Å²) in [7, 11) is 0. The van der Waals surface area contributed by atoms with E-state index in [2.05, 4.69) is 0 Å². The van der Waals surface area contributed by atoms with Gasteiger partial charge in [0.05, 0.1) is 0 Å². The second kappa shape index (κ2) is 54.6. The zero-order valence-electron chi connectivity index (χ0n) is 1.00. The Morgan fingerprint density at radius 1 is 0.333 bits per heavy atom. The molecule has 0 saturated heterocycles. The fraction of sp³-hybridized carbons (Fsp3) is 0. The third kappa shape index (κ3) is 33.3. The Hall–Kier alpha value is 2.31. The predicted octanol–water partition coefficient (Wildman–Crippen LogP) is -4.24. The van der Waals surface area contributed by atoms with Crippen molar-refractivity contribution in [3.05, 3.63) is 0 Å². The molecule has 0 unspecified atom stereocenters. The normalized spacial score (nSPS) is 0. The molecular weight excluding hydrogens is 59.8 g/mol. The van der Waals surface area contributed by atoms with Crippen LogP contribution in [0, 0.1) is 0 Å². The van der Waals surface area contributed by atoms with Crippen molar-refractivity contribution in [1.82, 2.24) is 0 Å². The fourth-order valence-electron chi connectivity index (χ4n) is 0. The van der Waals surface area contributed by atoms with Crippen molar-refractivity contribution in [2.45, 2.75) is 0 Å². The van der Waals surface area contributed by atoms with Crippen LogP contribution in [0.1, 0.15) is 0 Å². The molecule has 6 heavy (non-hydrogen) atoms. The average Bonchev–Trinajstić information content (AvgIpc) is 0. The van der Waals surface area contributed by atoms with Gasteiger partial charge < -0.3 is 11.0 Å². The van der Waals surface area contributed by atoms with Gasteiger partial charge in [-0.3, -0.25) is 0 Å². The molecule has 0 amide bonds. The zero-order chi connectivity index (χ0) is 0. The summed E-state index contributed by atoms with van der Waals surface area (Å²) in [5, 5.41) is 0. The van der Waals surface area contributed by atoms with Gasteiger partial charge in [-0.25, -0.2) is 0 Å². The maximum absolute atomic E-state index is 0. The van der Waals surface area contributed by atoms with Crippen molar-refractivity contribution in [3.63, 3.8) is 0 Å². The van der Waals surface area contributed by atoms with Gasteiger partial charge in [-0.05, 0) is 0 Å². The van der Waals surface area contributed by atoms with Gasteiger partial charge >= 0.3 is 75.4 Å². The minimum absolute atomic E-state index is 0. The molecule has 0 spiro atoms. The molecule has 0 atom stereocenters. The summed E-state index contributed by atoms with van der Waals surface area (Å²) in [6, 6.07) is 0. The van der Waals surface area contributed by atoms with Gasteiger partial charge in [0.25, 0.3) is 0 Å². The molecule has 0 heterocycles. The van der Waals surface area contributed by atoms with E-state index in [0.717, 1.165) is 0 Å². The summed E-state index contributed by atoms with van der Waals surface area (Å²) in [5.41, 5.74) is 0. The Morgan fingerprint density at radius 2 is 0.333 bits per heavy atom. The first kappa shape index (κ1) is 83.2. The zero-order valence-corrected chi connectivity index (χ0v) is 1.00. The molecule has 2 nitrogen and oxygen atoms in total. The first-order chi connectivity index (χ1) is 0. The van der Waals surface area contributed by atoms with Crippen LogP contribution < -0.4 is 0 Å². The van der Waals surface area contributed by atoms with Gasteiger partial charge in [-0.2, -0.15) is 0 Å². The SMILES string of the molecule is O.O.[LiH].[LiH].[LiH].[LiH]. The van der Waals surface area contributed by atoms with E-state index in [-0.39, 0.29) is 86.4 Å². The number of hydrogen-bond acceptors (Lipinski definition) is 0. The first-order valence-corrected chi connectivity index (χ1v) is 0. The average molecular weight is 67.8 g/mol. The molecule has 0 aliphatic rings. The third-order valence-electron chi connectivity index (χ3n) is 0. The Balaban J connectivity index is 0. The molecule has 0 aliphatic carbocycles. The van der Waals surface area contributed by atoms with Gasteiger partial charge in [0.15, 0.2) is 0 Å². The summed E-state index contributed by atoms with van der Waals surface area (Å²) in [6.07, 6.45) is 0. The maximum atomic E-state index is 0. The van der Waals surface area contributed by atoms with E-state index < -0.39 is 0 Å². The number of rotatable bonds is 0. The van der Waals surface area contributed by atoms with Crippen LogP contribution in [0.4, 0.5) is 0 Å². The Kier molecular flexibility index (Phi) is 757. The van der Waals surface area contributed by atoms with E-state index in [1.54, 1.807) is 0 Å². The molecule has 0 aromatic rings. The molecule has 0 aliphatic heterocycles. The van der Waals surface area contributed by atoms with Crippen LogP contribution in [0.2, 0.25) is 0 Å². The standard InChI is InChI=1S/4Li.2H2O.4H/h;;;;2*1H2;;;;. The molecule has 24 valence electrons. The van der Waals surface area contributed by atoms with E-state index in [1.807, 2.05) is 0 Å². The Bertz CT molecular complexity index is 5.51. The van der Waals surface area contributed by atoms with Crippen LogP contribution in [0.25, 0.3) is 0 Å². The van der Waals surface area contributed by atoms with Gasteiger partial charge in [-0.15, -0.1) is 0 Å². The molecule has 0 fully saturated rings. The van der Waals surface area contributed by atoms with Gasteiger partial charge in [0.2, 0.25) is 0 Å². The van der Waals surface area contributed by atoms with Crippen LogP contribution in [0.15, 0.2) is 0 Å². The second-order valence-electron chi connectivity index (χ2n) is 0. The van der Waals surface area contributed by atoms with E-state index >= 15 is 0 Å². The molecule has 0 bridgehead atoms. The van der Waals surface area contributed by atoms with E-state index in [4.69, 9.17) is 0 Å². The minimum atomic E-state index is 0. The Labute approximate surface area is 85.5 Å². The van der Waals surface area contributed by atoms with Crippen molar-refractivity contribution >= 4 is 75.4 Å². The summed E-state index contributed by atoms with van der Waals surface area (Å²) in [5.74, 6) is 0. The monoisotopic (exact) mass is 68.1 g/mol. The van der Waals surface area contributed by atoms with Crippen LogP contribution in [0.3, 0.4) is 0 Å². The van der Waals surface area contributed by atoms with Crippen LogP contribution >= 0.6 is 0 Å². The van der Waals surface area contributed by atoms with E-state index in [9.17, 15) is 0 Å². The van der Waals surface area contributed by atoms with E-state index in [1.165, 1.54) is 0 Å². The van der Waals surface area contributed by atoms with Gasteiger partial charge in [-0.1, -0.05) is 0 Å². The molecular formula is H8Li4O2. The second-order valence-corrected chi connectivity index (χ2v) is 0. The molecule has 0 saturated carbocycles. The van der Waals surface area contributed by atoms with Crippen LogP contribution in [0.5, 0.6) is 0 Å². The van der Waals surface area contributed by atoms with E-state index in [0.29, 0.717) is 0 Å². The fourth-order valence-corrected chi connectivity index (χ4v) is 0. The summed E-state index contributed by atoms with van der Waals surface area (Å²) in [4.78, 5) is 0. The Morgan fingerprint density at radius 3 is 0.333 bits per heavy atom. The molecule has 6 heteroatoms.